The van der Waals surface area contributed by atoms with Crippen molar-refractivity contribution in [2.24, 2.45) is 5.92 Å². The third-order valence-corrected chi connectivity index (χ3v) is 3.27. The summed E-state index contributed by atoms with van der Waals surface area (Å²) in [4.78, 5) is 5.94. The fourth-order valence-corrected chi connectivity index (χ4v) is 2.64. The molecule has 0 aliphatic carbocycles. The van der Waals surface area contributed by atoms with Gasteiger partial charge < -0.3 is 4.98 Å². The van der Waals surface area contributed by atoms with E-state index in [1.165, 1.54) is 24.2 Å². The molecular weight excluding hydrogens is 172 g/mol. The highest BCUT2D eigenvalue weighted by atomic mass is 15.2. The zero-order valence-electron chi connectivity index (χ0n) is 9.38. The molecule has 1 atom stereocenters. The quantitative estimate of drug-likeness (QED) is 0.763. The van der Waals surface area contributed by atoms with Gasteiger partial charge in [-0.1, -0.05) is 20.8 Å². The lowest BCUT2D eigenvalue weighted by Crippen LogP contribution is -2.37. The molecule has 1 aliphatic heterocycles. The summed E-state index contributed by atoms with van der Waals surface area (Å²) in [6.07, 6.45) is 3.26. The molecule has 14 heavy (non-hydrogen) atoms. The van der Waals surface area contributed by atoms with E-state index in [2.05, 4.69) is 42.9 Å². The predicted octanol–water partition coefficient (Wildman–Crippen LogP) is 2.59. The van der Waals surface area contributed by atoms with E-state index < -0.39 is 0 Å². The Hall–Kier alpha value is -0.760. The minimum absolute atomic E-state index is 0.620. The number of fused-ring (bicyclic) bond motifs is 1. The van der Waals surface area contributed by atoms with E-state index in [0.29, 0.717) is 12.0 Å². The standard InChI is InChI=1S/C12H20N2/c1-4-14-8-6-11-10(5-7-13-11)12(14)9(2)3/h5,7,9,12-13H,4,6,8H2,1-3H3/t12-/m0/s1. The van der Waals surface area contributed by atoms with E-state index >= 15 is 0 Å². The predicted molar refractivity (Wildman–Crippen MR) is 59.3 cm³/mol. The van der Waals surface area contributed by atoms with Gasteiger partial charge >= 0.3 is 0 Å². The van der Waals surface area contributed by atoms with Crippen molar-refractivity contribution in [3.05, 3.63) is 23.5 Å². The normalized spacial score (nSPS) is 22.7. The van der Waals surface area contributed by atoms with Gasteiger partial charge in [-0.3, -0.25) is 4.90 Å². The fourth-order valence-electron chi connectivity index (χ4n) is 2.64. The summed E-state index contributed by atoms with van der Waals surface area (Å²) >= 11 is 0. The smallest absolute Gasteiger partial charge is 0.0388 e. The van der Waals surface area contributed by atoms with Gasteiger partial charge in [0, 0.05) is 30.9 Å². The van der Waals surface area contributed by atoms with Crippen LogP contribution in [-0.2, 0) is 6.42 Å². The van der Waals surface area contributed by atoms with Crippen LogP contribution in [-0.4, -0.2) is 23.0 Å². The molecule has 78 valence electrons. The molecule has 0 bridgehead atoms. The van der Waals surface area contributed by atoms with Gasteiger partial charge in [0.1, 0.15) is 0 Å². The number of hydrogen-bond donors (Lipinski definition) is 1. The number of rotatable bonds is 2. The van der Waals surface area contributed by atoms with Crippen molar-refractivity contribution in [2.45, 2.75) is 33.2 Å². The SMILES string of the molecule is CCN1CCc2[nH]ccc2[C@@H]1C(C)C. The van der Waals surface area contributed by atoms with Crippen LogP contribution in [0.5, 0.6) is 0 Å². The Labute approximate surface area is 86.3 Å². The molecule has 1 aromatic heterocycles. The van der Waals surface area contributed by atoms with E-state index in [-0.39, 0.29) is 0 Å². The average Bonchev–Trinajstić information content (AvgIpc) is 2.62. The Bertz CT molecular complexity index is 301. The average molecular weight is 192 g/mol. The van der Waals surface area contributed by atoms with Crippen LogP contribution in [0.1, 0.15) is 38.1 Å². The monoisotopic (exact) mass is 192 g/mol. The third-order valence-electron chi connectivity index (χ3n) is 3.27. The number of likely N-dealkylation sites (N-methyl/N-ethyl adjacent to an activating group) is 1. The highest BCUT2D eigenvalue weighted by Gasteiger charge is 2.28. The van der Waals surface area contributed by atoms with Gasteiger partial charge in [0.2, 0.25) is 0 Å². The number of aromatic amines is 1. The van der Waals surface area contributed by atoms with Crippen LogP contribution in [0.4, 0.5) is 0 Å². The molecule has 2 rings (SSSR count). The third kappa shape index (κ3) is 1.48. The second kappa shape index (κ2) is 3.77. The molecule has 0 unspecified atom stereocenters. The highest BCUT2D eigenvalue weighted by molar-refractivity contribution is 5.27. The van der Waals surface area contributed by atoms with Crippen molar-refractivity contribution >= 4 is 0 Å². The minimum Gasteiger partial charge on any atom is -0.365 e. The molecule has 2 heteroatoms. The largest absolute Gasteiger partial charge is 0.365 e. The number of nitrogens with zero attached hydrogens (tertiary/aromatic N) is 1. The lowest BCUT2D eigenvalue weighted by Gasteiger charge is -2.37. The van der Waals surface area contributed by atoms with Crippen LogP contribution in [0.2, 0.25) is 0 Å². The van der Waals surface area contributed by atoms with Gasteiger partial charge in [-0.25, -0.2) is 0 Å². The molecule has 0 aromatic carbocycles. The zero-order chi connectivity index (χ0) is 10.1. The summed E-state index contributed by atoms with van der Waals surface area (Å²) < 4.78 is 0. The summed E-state index contributed by atoms with van der Waals surface area (Å²) in [7, 11) is 0. The van der Waals surface area contributed by atoms with Gasteiger partial charge in [0.25, 0.3) is 0 Å². The van der Waals surface area contributed by atoms with Crippen molar-refractivity contribution in [1.29, 1.82) is 0 Å². The molecule has 1 aliphatic rings. The highest BCUT2D eigenvalue weighted by Crippen LogP contribution is 2.34. The van der Waals surface area contributed by atoms with Crippen molar-refractivity contribution < 1.29 is 0 Å². The molecule has 1 N–H and O–H groups in total. The van der Waals surface area contributed by atoms with Gasteiger partial charge in [-0.2, -0.15) is 0 Å². The van der Waals surface area contributed by atoms with Gasteiger partial charge in [0.05, 0.1) is 0 Å². The molecule has 2 heterocycles. The number of H-pyrrole nitrogens is 1. The second-order valence-corrected chi connectivity index (χ2v) is 4.48. The van der Waals surface area contributed by atoms with E-state index in [0.717, 1.165) is 6.54 Å². The Balaban J connectivity index is 2.33. The molecule has 0 fully saturated rings. The van der Waals surface area contributed by atoms with Crippen LogP contribution in [0.25, 0.3) is 0 Å². The van der Waals surface area contributed by atoms with E-state index in [9.17, 15) is 0 Å². The fraction of sp³-hybridized carbons (Fsp3) is 0.667. The Kier molecular flexibility index (Phi) is 2.64. The lowest BCUT2D eigenvalue weighted by molar-refractivity contribution is 0.151. The van der Waals surface area contributed by atoms with Crippen molar-refractivity contribution in [3.8, 4) is 0 Å². The molecule has 0 spiro atoms. The molecule has 0 saturated carbocycles. The Morgan fingerprint density at radius 1 is 1.57 bits per heavy atom. The van der Waals surface area contributed by atoms with Crippen molar-refractivity contribution in [1.82, 2.24) is 9.88 Å². The van der Waals surface area contributed by atoms with Gasteiger partial charge in [-0.05, 0) is 24.1 Å². The Morgan fingerprint density at radius 2 is 2.36 bits per heavy atom. The number of nitrogens with one attached hydrogen (secondary N) is 1. The van der Waals surface area contributed by atoms with Crippen LogP contribution < -0.4 is 0 Å². The maximum Gasteiger partial charge on any atom is 0.0388 e. The second-order valence-electron chi connectivity index (χ2n) is 4.48. The zero-order valence-corrected chi connectivity index (χ0v) is 9.38. The summed E-state index contributed by atoms with van der Waals surface area (Å²) in [5.74, 6) is 0.699. The molecule has 1 aromatic rings. The maximum absolute atomic E-state index is 3.36. The van der Waals surface area contributed by atoms with Gasteiger partial charge in [0.15, 0.2) is 0 Å². The van der Waals surface area contributed by atoms with Crippen LogP contribution in [0.3, 0.4) is 0 Å². The lowest BCUT2D eigenvalue weighted by atomic mass is 9.90. The first-order valence-corrected chi connectivity index (χ1v) is 5.64. The molecule has 0 saturated heterocycles. The number of aromatic nitrogens is 1. The summed E-state index contributed by atoms with van der Waals surface area (Å²) in [5.41, 5.74) is 2.97. The summed E-state index contributed by atoms with van der Waals surface area (Å²) in [6.45, 7) is 9.25. The topological polar surface area (TPSA) is 19.0 Å². The van der Waals surface area contributed by atoms with Gasteiger partial charge in [-0.15, -0.1) is 0 Å². The number of hydrogen-bond acceptors (Lipinski definition) is 1. The van der Waals surface area contributed by atoms with Crippen molar-refractivity contribution in [3.63, 3.8) is 0 Å². The van der Waals surface area contributed by atoms with E-state index in [4.69, 9.17) is 0 Å². The molecule has 2 nitrogen and oxygen atoms in total. The molecular formula is C12H20N2. The first kappa shape index (κ1) is 9.78. The van der Waals surface area contributed by atoms with Crippen LogP contribution >= 0.6 is 0 Å². The van der Waals surface area contributed by atoms with Crippen LogP contribution in [0.15, 0.2) is 12.3 Å². The van der Waals surface area contributed by atoms with Crippen molar-refractivity contribution in [2.75, 3.05) is 13.1 Å². The first-order chi connectivity index (χ1) is 6.74. The van der Waals surface area contributed by atoms with Crippen LogP contribution in [0, 0.1) is 5.92 Å². The first-order valence-electron chi connectivity index (χ1n) is 5.64. The maximum atomic E-state index is 3.36. The Morgan fingerprint density at radius 3 is 3.00 bits per heavy atom. The summed E-state index contributed by atoms with van der Waals surface area (Å²) in [5, 5.41) is 0. The molecule has 0 amide bonds. The molecule has 0 radical (unpaired) electrons. The summed E-state index contributed by atoms with van der Waals surface area (Å²) in [6, 6.07) is 2.87. The van der Waals surface area contributed by atoms with E-state index in [1.807, 2.05) is 0 Å². The van der Waals surface area contributed by atoms with E-state index in [1.54, 1.807) is 0 Å². The minimum atomic E-state index is 0.620.